The molecule has 0 unspecified atom stereocenters. The molecule has 4 aromatic heterocycles. The number of carbonyl (C=O) groups excluding carboxylic acids is 1. The second kappa shape index (κ2) is 21.0. The lowest BCUT2D eigenvalue weighted by Crippen LogP contribution is -2.33. The van der Waals surface area contributed by atoms with E-state index in [1.165, 1.54) is 25.7 Å². The van der Waals surface area contributed by atoms with Crippen LogP contribution in [-0.2, 0) is 13.0 Å². The summed E-state index contributed by atoms with van der Waals surface area (Å²) in [4.78, 5) is 19.6. The van der Waals surface area contributed by atoms with Crippen molar-refractivity contribution in [3.8, 4) is 11.3 Å². The van der Waals surface area contributed by atoms with Crippen molar-refractivity contribution in [3.63, 3.8) is 0 Å². The van der Waals surface area contributed by atoms with E-state index in [-0.39, 0.29) is 12.5 Å². The molecule has 4 aromatic rings. The number of fused-ring (bicyclic) bond motifs is 1. The number of hydrogen-bond acceptors (Lipinski definition) is 7. The van der Waals surface area contributed by atoms with E-state index in [1.807, 2.05) is 49.8 Å². The minimum atomic E-state index is -0.141. The van der Waals surface area contributed by atoms with E-state index < -0.39 is 0 Å². The van der Waals surface area contributed by atoms with Crippen molar-refractivity contribution in [2.75, 3.05) is 31.5 Å². The number of furan rings is 1. The number of aromatic nitrogens is 3. The lowest BCUT2D eigenvalue weighted by atomic mass is 10.0. The number of aliphatic hydroxyl groups excluding tert-OH is 1. The summed E-state index contributed by atoms with van der Waals surface area (Å²) in [5.74, 6) is 1.07. The molecule has 1 aliphatic heterocycles. The molecule has 0 spiro atoms. The molecular formula is C38H58N6O3. The summed E-state index contributed by atoms with van der Waals surface area (Å²) in [5, 5.41) is 20.4. The number of amides is 1. The summed E-state index contributed by atoms with van der Waals surface area (Å²) >= 11 is 0. The average Bonchev–Trinajstić information content (AvgIpc) is 3.85. The molecule has 0 bridgehead atoms. The van der Waals surface area contributed by atoms with Crippen molar-refractivity contribution in [1.82, 2.24) is 24.8 Å². The highest BCUT2D eigenvalue weighted by atomic mass is 16.4. The molecule has 5 heterocycles. The lowest BCUT2D eigenvalue weighted by Gasteiger charge is -2.17. The fourth-order valence-corrected chi connectivity index (χ4v) is 5.08. The van der Waals surface area contributed by atoms with Crippen LogP contribution in [0.1, 0.15) is 114 Å². The average molecular weight is 647 g/mol. The van der Waals surface area contributed by atoms with Crippen LogP contribution in [0.15, 0.2) is 53.9 Å². The molecule has 3 N–H and O–H groups in total. The quantitative estimate of drug-likeness (QED) is 0.150. The van der Waals surface area contributed by atoms with Gasteiger partial charge in [-0.1, -0.05) is 74.3 Å². The van der Waals surface area contributed by atoms with Crippen LogP contribution in [0.4, 0.5) is 5.69 Å². The molecule has 1 fully saturated rings. The van der Waals surface area contributed by atoms with Gasteiger partial charge < -0.3 is 25.1 Å². The zero-order chi connectivity index (χ0) is 34.8. The third-order valence-corrected chi connectivity index (χ3v) is 7.22. The number of hydrogen-bond donors (Lipinski definition) is 3. The van der Waals surface area contributed by atoms with Crippen LogP contribution >= 0.6 is 0 Å². The Morgan fingerprint density at radius 3 is 2.34 bits per heavy atom. The van der Waals surface area contributed by atoms with E-state index >= 15 is 0 Å². The zero-order valence-corrected chi connectivity index (χ0v) is 30.1. The summed E-state index contributed by atoms with van der Waals surface area (Å²) in [6, 6.07) is 7.50. The third kappa shape index (κ3) is 11.4. The van der Waals surface area contributed by atoms with Gasteiger partial charge in [0.15, 0.2) is 0 Å². The Hall–Kier alpha value is -3.95. The number of rotatable bonds is 11. The maximum absolute atomic E-state index is 12.8. The van der Waals surface area contributed by atoms with Crippen LogP contribution in [0, 0.1) is 6.92 Å². The van der Waals surface area contributed by atoms with Crippen molar-refractivity contribution in [3.05, 3.63) is 77.6 Å². The van der Waals surface area contributed by atoms with Gasteiger partial charge in [0.1, 0.15) is 18.1 Å². The van der Waals surface area contributed by atoms with E-state index in [0.717, 1.165) is 66.1 Å². The maximum Gasteiger partial charge on any atom is 0.252 e. The van der Waals surface area contributed by atoms with Crippen molar-refractivity contribution in [2.24, 2.45) is 0 Å². The van der Waals surface area contributed by atoms with E-state index in [0.29, 0.717) is 29.3 Å². The van der Waals surface area contributed by atoms with Gasteiger partial charge in [0, 0.05) is 42.3 Å². The molecule has 5 rings (SSSR count). The number of pyridine rings is 1. The Kier molecular flexibility index (Phi) is 17.6. The maximum atomic E-state index is 12.8. The first-order valence-corrected chi connectivity index (χ1v) is 17.4. The first kappa shape index (κ1) is 39.2. The van der Waals surface area contributed by atoms with Gasteiger partial charge in [0.05, 0.1) is 28.7 Å². The van der Waals surface area contributed by atoms with Crippen LogP contribution in [0.25, 0.3) is 22.5 Å². The highest BCUT2D eigenvalue weighted by molar-refractivity contribution is 5.95. The SMILES string of the molecule is C=C(Nc1cc(C(=O)NCCN2CCCC2)cnc1C)c1cnn2cc(-c3ccc(CO)o3)cc2c1CCC.CC.CCC.CCC. The highest BCUT2D eigenvalue weighted by Crippen LogP contribution is 2.30. The van der Waals surface area contributed by atoms with Crippen molar-refractivity contribution >= 4 is 22.8 Å². The van der Waals surface area contributed by atoms with E-state index in [9.17, 15) is 9.90 Å². The first-order valence-electron chi connectivity index (χ1n) is 17.4. The second-order valence-corrected chi connectivity index (χ2v) is 11.4. The molecule has 1 aliphatic rings. The van der Waals surface area contributed by atoms with Gasteiger partial charge in [-0.3, -0.25) is 9.78 Å². The summed E-state index contributed by atoms with van der Waals surface area (Å²) in [5.41, 5.74) is 6.59. The van der Waals surface area contributed by atoms with Crippen LogP contribution in [0.3, 0.4) is 0 Å². The summed E-state index contributed by atoms with van der Waals surface area (Å²) in [7, 11) is 0. The molecule has 0 aromatic carbocycles. The van der Waals surface area contributed by atoms with E-state index in [4.69, 9.17) is 4.42 Å². The normalized spacial score (nSPS) is 12.3. The van der Waals surface area contributed by atoms with Crippen LogP contribution in [0.2, 0.25) is 0 Å². The number of nitrogens with one attached hydrogen (secondary N) is 2. The van der Waals surface area contributed by atoms with E-state index in [1.54, 1.807) is 12.3 Å². The largest absolute Gasteiger partial charge is 0.459 e. The van der Waals surface area contributed by atoms with Crippen LogP contribution < -0.4 is 10.6 Å². The van der Waals surface area contributed by atoms with Gasteiger partial charge in [-0.25, -0.2) is 4.52 Å². The number of aliphatic hydroxyl groups is 1. The fourth-order valence-electron chi connectivity index (χ4n) is 5.08. The standard InChI is InChI=1S/C30H36N6O3.2C3H8.C2H6/c1-4-7-25-26(17-33-36-18-23(15-28(25)36)29-9-8-24(19-37)39-29)20(2)34-27-14-22(16-32-21(27)3)30(38)31-10-13-35-11-5-6-12-35;2*1-3-2;1-2/h8-9,14-18,34,37H,2,4-7,10-13,19H2,1,3H3,(H,31,38);2*3H2,1-2H3;1-2H3. The molecule has 0 saturated carbocycles. The van der Waals surface area contributed by atoms with Crippen LogP contribution in [0.5, 0.6) is 0 Å². The monoisotopic (exact) mass is 646 g/mol. The number of aryl methyl sites for hydroxylation is 2. The Morgan fingerprint density at radius 2 is 1.72 bits per heavy atom. The predicted octanol–water partition coefficient (Wildman–Crippen LogP) is 8.51. The van der Waals surface area contributed by atoms with E-state index in [2.05, 4.69) is 72.9 Å². The van der Waals surface area contributed by atoms with Crippen molar-refractivity contribution in [1.29, 1.82) is 0 Å². The molecule has 9 nitrogen and oxygen atoms in total. The van der Waals surface area contributed by atoms with Gasteiger partial charge in [-0.05, 0) is 69.1 Å². The third-order valence-electron chi connectivity index (χ3n) is 7.22. The highest BCUT2D eigenvalue weighted by Gasteiger charge is 2.17. The Labute approximate surface area is 282 Å². The lowest BCUT2D eigenvalue weighted by molar-refractivity contribution is 0.0949. The molecule has 0 atom stereocenters. The minimum Gasteiger partial charge on any atom is -0.459 e. The smallest absolute Gasteiger partial charge is 0.252 e. The number of anilines is 1. The van der Waals surface area contributed by atoms with Gasteiger partial charge in [0.25, 0.3) is 5.91 Å². The number of likely N-dealkylation sites (tertiary alicyclic amines) is 1. The number of nitrogens with zero attached hydrogens (tertiary/aromatic N) is 4. The van der Waals surface area contributed by atoms with Crippen molar-refractivity contribution in [2.45, 2.75) is 101 Å². The molecule has 0 radical (unpaired) electrons. The van der Waals surface area contributed by atoms with Gasteiger partial charge in [0.2, 0.25) is 0 Å². The Balaban J connectivity index is 0.000000878. The molecule has 9 heteroatoms. The molecule has 47 heavy (non-hydrogen) atoms. The minimum absolute atomic E-state index is 0.131. The summed E-state index contributed by atoms with van der Waals surface area (Å²) in [6.07, 6.45) is 12.1. The first-order chi connectivity index (χ1) is 22.8. The Morgan fingerprint density at radius 1 is 1.04 bits per heavy atom. The second-order valence-electron chi connectivity index (χ2n) is 11.4. The van der Waals surface area contributed by atoms with Crippen LogP contribution in [-0.4, -0.2) is 56.7 Å². The molecule has 0 aliphatic carbocycles. The number of carbonyl (C=O) groups is 1. The predicted molar refractivity (Wildman–Crippen MR) is 196 cm³/mol. The molecule has 1 amide bonds. The van der Waals surface area contributed by atoms with Gasteiger partial charge >= 0.3 is 0 Å². The van der Waals surface area contributed by atoms with Gasteiger partial charge in [-0.15, -0.1) is 0 Å². The van der Waals surface area contributed by atoms with Gasteiger partial charge in [-0.2, -0.15) is 5.10 Å². The molecule has 258 valence electrons. The summed E-state index contributed by atoms with van der Waals surface area (Å²) in [6.45, 7) is 24.4. The molecular weight excluding hydrogens is 588 g/mol. The Bertz CT molecular complexity index is 1520. The zero-order valence-electron chi connectivity index (χ0n) is 30.1. The molecule has 1 saturated heterocycles. The summed E-state index contributed by atoms with van der Waals surface area (Å²) < 4.78 is 7.58. The van der Waals surface area contributed by atoms with Crippen molar-refractivity contribution < 1.29 is 14.3 Å². The fraction of sp³-hybridized carbons (Fsp3) is 0.500. The topological polar surface area (TPSA) is 108 Å².